The van der Waals surface area contributed by atoms with Crippen molar-refractivity contribution in [2.45, 2.75) is 37.5 Å². The molecule has 1 saturated heterocycles. The zero-order valence-electron chi connectivity index (χ0n) is 11.2. The Morgan fingerprint density at radius 2 is 2.42 bits per heavy atom. The van der Waals surface area contributed by atoms with Crippen LogP contribution in [0.1, 0.15) is 37.2 Å². The van der Waals surface area contributed by atoms with Crippen LogP contribution in [0.5, 0.6) is 0 Å². The van der Waals surface area contributed by atoms with E-state index in [1.54, 1.807) is 29.3 Å². The SMILES string of the molecule is CCC(NC(=O)CSC1CCNCC1)c1nccs1. The number of amides is 1. The summed E-state index contributed by atoms with van der Waals surface area (Å²) in [5, 5.41) is 10.0. The molecule has 2 N–H and O–H groups in total. The molecule has 0 aromatic carbocycles. The van der Waals surface area contributed by atoms with Crippen molar-refractivity contribution >= 4 is 29.0 Å². The summed E-state index contributed by atoms with van der Waals surface area (Å²) in [6.07, 6.45) is 5.01. The van der Waals surface area contributed by atoms with Crippen LogP contribution in [0, 0.1) is 0 Å². The van der Waals surface area contributed by atoms with Crippen LogP contribution in [0.25, 0.3) is 0 Å². The molecule has 106 valence electrons. The highest BCUT2D eigenvalue weighted by Gasteiger charge is 2.18. The van der Waals surface area contributed by atoms with E-state index in [0.29, 0.717) is 11.0 Å². The summed E-state index contributed by atoms with van der Waals surface area (Å²) in [5.74, 6) is 0.692. The van der Waals surface area contributed by atoms with Crippen LogP contribution in [0.15, 0.2) is 11.6 Å². The number of piperidine rings is 1. The van der Waals surface area contributed by atoms with Gasteiger partial charge in [-0.05, 0) is 32.4 Å². The minimum Gasteiger partial charge on any atom is -0.346 e. The van der Waals surface area contributed by atoms with Gasteiger partial charge in [0.15, 0.2) is 0 Å². The van der Waals surface area contributed by atoms with Gasteiger partial charge in [0.05, 0.1) is 11.8 Å². The molecule has 1 aliphatic rings. The van der Waals surface area contributed by atoms with Crippen LogP contribution in [-0.4, -0.2) is 35.0 Å². The summed E-state index contributed by atoms with van der Waals surface area (Å²) in [5.41, 5.74) is 0. The molecule has 1 atom stereocenters. The van der Waals surface area contributed by atoms with Crippen molar-refractivity contribution in [3.8, 4) is 0 Å². The van der Waals surface area contributed by atoms with Gasteiger partial charge < -0.3 is 10.6 Å². The molecule has 0 bridgehead atoms. The lowest BCUT2D eigenvalue weighted by molar-refractivity contribution is -0.119. The van der Waals surface area contributed by atoms with Gasteiger partial charge in [-0.2, -0.15) is 0 Å². The van der Waals surface area contributed by atoms with Gasteiger partial charge >= 0.3 is 0 Å². The third-order valence-electron chi connectivity index (χ3n) is 3.23. The van der Waals surface area contributed by atoms with Crippen molar-refractivity contribution in [1.82, 2.24) is 15.6 Å². The summed E-state index contributed by atoms with van der Waals surface area (Å²) in [7, 11) is 0. The van der Waals surface area contributed by atoms with Gasteiger partial charge in [-0.3, -0.25) is 4.79 Å². The van der Waals surface area contributed by atoms with Crippen LogP contribution in [0.3, 0.4) is 0 Å². The smallest absolute Gasteiger partial charge is 0.230 e. The van der Waals surface area contributed by atoms with Gasteiger partial charge in [0.2, 0.25) is 5.91 Å². The molecule has 2 rings (SSSR count). The zero-order chi connectivity index (χ0) is 13.5. The summed E-state index contributed by atoms with van der Waals surface area (Å²) in [6, 6.07) is 0.0705. The normalized spacial score (nSPS) is 18.2. The zero-order valence-corrected chi connectivity index (χ0v) is 12.9. The van der Waals surface area contributed by atoms with Crippen molar-refractivity contribution in [2.24, 2.45) is 0 Å². The third kappa shape index (κ3) is 4.78. The molecule has 1 aliphatic heterocycles. The Morgan fingerprint density at radius 3 is 3.05 bits per heavy atom. The maximum Gasteiger partial charge on any atom is 0.230 e. The van der Waals surface area contributed by atoms with E-state index in [9.17, 15) is 4.79 Å². The number of thioether (sulfide) groups is 1. The number of rotatable bonds is 6. The average molecular weight is 299 g/mol. The van der Waals surface area contributed by atoms with Crippen LogP contribution in [0.4, 0.5) is 0 Å². The van der Waals surface area contributed by atoms with Gasteiger partial charge in [0.1, 0.15) is 5.01 Å². The van der Waals surface area contributed by atoms with Crippen LogP contribution >= 0.6 is 23.1 Å². The summed E-state index contributed by atoms with van der Waals surface area (Å²) in [4.78, 5) is 16.3. The molecule has 1 unspecified atom stereocenters. The van der Waals surface area contributed by atoms with Gasteiger partial charge in [-0.1, -0.05) is 6.92 Å². The van der Waals surface area contributed by atoms with E-state index in [-0.39, 0.29) is 11.9 Å². The second kappa shape index (κ2) is 7.87. The fraction of sp³-hybridized carbons (Fsp3) is 0.692. The highest BCUT2D eigenvalue weighted by atomic mass is 32.2. The molecular weight excluding hydrogens is 278 g/mol. The second-order valence-corrected chi connectivity index (χ2v) is 6.87. The lowest BCUT2D eigenvalue weighted by atomic mass is 10.2. The van der Waals surface area contributed by atoms with Gasteiger partial charge in [0, 0.05) is 16.8 Å². The van der Waals surface area contributed by atoms with E-state index in [0.717, 1.165) is 24.5 Å². The first-order valence-electron chi connectivity index (χ1n) is 6.80. The molecule has 4 nitrogen and oxygen atoms in total. The first-order chi connectivity index (χ1) is 9.29. The Hall–Kier alpha value is -0.590. The molecule has 1 amide bonds. The van der Waals surface area contributed by atoms with Crippen molar-refractivity contribution in [3.05, 3.63) is 16.6 Å². The molecule has 0 saturated carbocycles. The number of nitrogens with one attached hydrogen (secondary N) is 2. The van der Waals surface area contributed by atoms with Crippen LogP contribution in [0.2, 0.25) is 0 Å². The maximum atomic E-state index is 12.0. The molecule has 0 spiro atoms. The number of nitrogens with zero attached hydrogens (tertiary/aromatic N) is 1. The number of hydrogen-bond acceptors (Lipinski definition) is 5. The van der Waals surface area contributed by atoms with Crippen molar-refractivity contribution in [2.75, 3.05) is 18.8 Å². The Morgan fingerprint density at radius 1 is 1.63 bits per heavy atom. The molecule has 19 heavy (non-hydrogen) atoms. The van der Waals surface area contributed by atoms with E-state index in [1.165, 1.54) is 12.8 Å². The maximum absolute atomic E-state index is 12.0. The van der Waals surface area contributed by atoms with Crippen LogP contribution in [-0.2, 0) is 4.79 Å². The fourth-order valence-corrected chi connectivity index (χ4v) is 3.95. The van der Waals surface area contributed by atoms with E-state index in [2.05, 4.69) is 22.5 Å². The highest BCUT2D eigenvalue weighted by Crippen LogP contribution is 2.21. The van der Waals surface area contributed by atoms with E-state index in [4.69, 9.17) is 0 Å². The summed E-state index contributed by atoms with van der Waals surface area (Å²) >= 11 is 3.39. The second-order valence-electron chi connectivity index (χ2n) is 4.66. The minimum absolute atomic E-state index is 0.0705. The molecule has 0 radical (unpaired) electrons. The largest absolute Gasteiger partial charge is 0.346 e. The quantitative estimate of drug-likeness (QED) is 0.845. The van der Waals surface area contributed by atoms with Gasteiger partial charge in [0.25, 0.3) is 0 Å². The van der Waals surface area contributed by atoms with E-state index >= 15 is 0 Å². The lowest BCUT2D eigenvalue weighted by Gasteiger charge is -2.22. The predicted octanol–water partition coefficient (Wildman–Crippen LogP) is 2.20. The standard InChI is InChI=1S/C13H21N3OS2/c1-2-11(13-15-7-8-18-13)16-12(17)9-19-10-3-5-14-6-4-10/h7-8,10-11,14H,2-6,9H2,1H3,(H,16,17). The monoisotopic (exact) mass is 299 g/mol. The molecule has 2 heterocycles. The third-order valence-corrected chi connectivity index (χ3v) is 5.49. The molecule has 0 aliphatic carbocycles. The van der Waals surface area contributed by atoms with Crippen molar-refractivity contribution < 1.29 is 4.79 Å². The molecule has 1 aromatic heterocycles. The topological polar surface area (TPSA) is 54.0 Å². The van der Waals surface area contributed by atoms with E-state index in [1.807, 2.05) is 5.38 Å². The number of thiazole rings is 1. The number of hydrogen-bond donors (Lipinski definition) is 2. The van der Waals surface area contributed by atoms with Crippen LogP contribution < -0.4 is 10.6 Å². The number of aromatic nitrogens is 1. The van der Waals surface area contributed by atoms with Crippen molar-refractivity contribution in [1.29, 1.82) is 0 Å². The minimum atomic E-state index is 0.0705. The molecule has 1 fully saturated rings. The Labute approximate surface area is 122 Å². The number of carbonyl (C=O) groups is 1. The van der Waals surface area contributed by atoms with Gasteiger partial charge in [-0.15, -0.1) is 23.1 Å². The molecular formula is C13H21N3OS2. The molecule has 1 aromatic rings. The van der Waals surface area contributed by atoms with Gasteiger partial charge in [-0.25, -0.2) is 4.98 Å². The lowest BCUT2D eigenvalue weighted by Crippen LogP contribution is -2.32. The number of carbonyl (C=O) groups excluding carboxylic acids is 1. The summed E-state index contributed by atoms with van der Waals surface area (Å²) in [6.45, 7) is 4.23. The Balaban J connectivity index is 1.73. The Bertz CT molecular complexity index is 377. The van der Waals surface area contributed by atoms with Crippen molar-refractivity contribution in [3.63, 3.8) is 0 Å². The fourth-order valence-electron chi connectivity index (χ4n) is 2.14. The first kappa shape index (κ1) is 14.8. The average Bonchev–Trinajstić information content (AvgIpc) is 2.97. The summed E-state index contributed by atoms with van der Waals surface area (Å²) < 4.78 is 0. The first-order valence-corrected chi connectivity index (χ1v) is 8.73. The highest BCUT2D eigenvalue weighted by molar-refractivity contribution is 8.00. The Kier molecular flexibility index (Phi) is 6.13. The predicted molar refractivity (Wildman–Crippen MR) is 81.6 cm³/mol. The van der Waals surface area contributed by atoms with E-state index < -0.39 is 0 Å². The molecule has 6 heteroatoms.